The monoisotopic (exact) mass is 127 g/mol. The maximum Gasteiger partial charge on any atom is 0.432 e. The molecule has 1 rings (SSSR count). The van der Waals surface area contributed by atoms with E-state index in [1.807, 2.05) is 18.4 Å². The zero-order chi connectivity index (χ0) is 6.95. The molecule has 9 heavy (non-hydrogen) atoms. The van der Waals surface area contributed by atoms with E-state index in [2.05, 4.69) is 11.4 Å². The third-order valence-electron chi connectivity index (χ3n) is 0.697. The van der Waals surface area contributed by atoms with Gasteiger partial charge in [0, 0.05) is 6.54 Å². The fraction of sp³-hybridized carbons (Fsp3) is 0.200. The molecule has 0 saturated heterocycles. The second-order valence-electron chi connectivity index (χ2n) is 1.34. The van der Waals surface area contributed by atoms with Crippen LogP contribution in [0, 0.1) is 0 Å². The van der Waals surface area contributed by atoms with Crippen molar-refractivity contribution < 1.29 is 10.0 Å². The lowest BCUT2D eigenvalue weighted by molar-refractivity contribution is 0.448. The Bertz CT molecular complexity index is 91.1. The van der Waals surface area contributed by atoms with Gasteiger partial charge < -0.3 is 15.4 Å². The molecule has 0 saturated carbocycles. The van der Waals surface area contributed by atoms with Gasteiger partial charge in [0.05, 0.1) is 0 Å². The Labute approximate surface area is 55.0 Å². The fourth-order valence-electron chi connectivity index (χ4n) is 0.406. The van der Waals surface area contributed by atoms with Gasteiger partial charge in [-0.2, -0.15) is 0 Å². The second kappa shape index (κ2) is 7.26. The predicted molar refractivity (Wildman–Crippen MR) is 37.9 cm³/mol. The van der Waals surface area contributed by atoms with Crippen molar-refractivity contribution in [3.05, 3.63) is 24.4 Å². The largest absolute Gasteiger partial charge is 0.432 e. The van der Waals surface area contributed by atoms with Gasteiger partial charge in [0.25, 0.3) is 0 Å². The minimum atomic E-state index is -0.750. The van der Waals surface area contributed by atoms with Gasteiger partial charge in [0.15, 0.2) is 0 Å². The van der Waals surface area contributed by atoms with Crippen molar-refractivity contribution in [2.45, 2.75) is 0 Å². The van der Waals surface area contributed by atoms with Crippen LogP contribution in [0.2, 0.25) is 0 Å². The summed E-state index contributed by atoms with van der Waals surface area (Å²) in [5.74, 6) is 0. The summed E-state index contributed by atoms with van der Waals surface area (Å²) in [5, 5.41) is 17.3. The molecule has 0 amide bonds. The quantitative estimate of drug-likeness (QED) is 0.362. The maximum atomic E-state index is 7.12. The summed E-state index contributed by atoms with van der Waals surface area (Å²) in [6.45, 7) is 0.983. The molecule has 0 atom stereocenters. The molecule has 1 aliphatic heterocycles. The average Bonchev–Trinajstić information content (AvgIpc) is 1.93. The van der Waals surface area contributed by atoms with Crippen LogP contribution >= 0.6 is 0 Å². The van der Waals surface area contributed by atoms with Crippen LogP contribution in [0.4, 0.5) is 0 Å². The fourth-order valence-corrected chi connectivity index (χ4v) is 0.406. The SMILES string of the molecule is C1=CCNC=C1.OBO. The summed E-state index contributed by atoms with van der Waals surface area (Å²) in [6.07, 6.45) is 8.00. The highest BCUT2D eigenvalue weighted by atomic mass is 16.4. The first-order valence-electron chi connectivity index (χ1n) is 2.68. The maximum absolute atomic E-state index is 7.12. The molecule has 0 aromatic carbocycles. The van der Waals surface area contributed by atoms with Crippen molar-refractivity contribution in [2.24, 2.45) is 0 Å². The van der Waals surface area contributed by atoms with Crippen molar-refractivity contribution in [2.75, 3.05) is 6.54 Å². The number of dihydropyridines is 1. The van der Waals surface area contributed by atoms with Gasteiger partial charge >= 0.3 is 7.69 Å². The second-order valence-corrected chi connectivity index (χ2v) is 1.34. The Morgan fingerprint density at radius 2 is 2.00 bits per heavy atom. The van der Waals surface area contributed by atoms with Crippen LogP contribution < -0.4 is 5.32 Å². The summed E-state index contributed by atoms with van der Waals surface area (Å²) in [4.78, 5) is 0. The van der Waals surface area contributed by atoms with E-state index in [4.69, 9.17) is 10.0 Å². The summed E-state index contributed by atoms with van der Waals surface area (Å²) < 4.78 is 0. The first-order chi connectivity index (χ1) is 4.41. The molecule has 0 aliphatic carbocycles. The van der Waals surface area contributed by atoms with Gasteiger partial charge in [-0.3, -0.25) is 0 Å². The lowest BCUT2D eigenvalue weighted by atomic mass is 10.4. The Morgan fingerprint density at radius 3 is 2.11 bits per heavy atom. The Hall–Kier alpha value is -0.735. The Kier molecular flexibility index (Phi) is 6.67. The number of nitrogens with one attached hydrogen (secondary N) is 1. The highest BCUT2D eigenvalue weighted by Crippen LogP contribution is 1.78. The molecule has 0 fully saturated rings. The number of hydrogen-bond donors (Lipinski definition) is 3. The van der Waals surface area contributed by atoms with Crippen molar-refractivity contribution in [1.82, 2.24) is 5.32 Å². The van der Waals surface area contributed by atoms with Crippen LogP contribution in [0.5, 0.6) is 0 Å². The zero-order valence-corrected chi connectivity index (χ0v) is 5.12. The molecule has 50 valence electrons. The van der Waals surface area contributed by atoms with Crippen LogP contribution in [0.1, 0.15) is 0 Å². The summed E-state index contributed by atoms with van der Waals surface area (Å²) in [6, 6.07) is 0. The zero-order valence-electron chi connectivity index (χ0n) is 5.12. The standard InChI is InChI=1S/C5H7N.BH3O2/c1-2-4-6-5-3-1;2-1-3/h1-4,6H,5H2;1-3H. The third kappa shape index (κ3) is 7.26. The highest BCUT2D eigenvalue weighted by molar-refractivity contribution is 6.13. The van der Waals surface area contributed by atoms with E-state index < -0.39 is 7.69 Å². The molecular weight excluding hydrogens is 117 g/mol. The molecule has 4 heteroatoms. The number of allylic oxidation sites excluding steroid dienone is 2. The van der Waals surface area contributed by atoms with Gasteiger partial charge in [-0.25, -0.2) is 0 Å². The lowest BCUT2D eigenvalue weighted by Gasteiger charge is -1.94. The summed E-state index contributed by atoms with van der Waals surface area (Å²) in [5.41, 5.74) is 0. The van der Waals surface area contributed by atoms with E-state index >= 15 is 0 Å². The summed E-state index contributed by atoms with van der Waals surface area (Å²) in [7, 11) is -0.750. The Morgan fingerprint density at radius 1 is 1.33 bits per heavy atom. The normalized spacial score (nSPS) is 13.1. The molecule has 3 nitrogen and oxygen atoms in total. The van der Waals surface area contributed by atoms with Gasteiger partial charge in [-0.15, -0.1) is 0 Å². The Balaban J connectivity index is 0.000000187. The van der Waals surface area contributed by atoms with Crippen LogP contribution in [-0.2, 0) is 0 Å². The lowest BCUT2D eigenvalue weighted by Crippen LogP contribution is -2.05. The van der Waals surface area contributed by atoms with E-state index in [-0.39, 0.29) is 0 Å². The molecule has 3 N–H and O–H groups in total. The molecular formula is C5H10BNO2. The molecule has 0 aromatic heterocycles. The highest BCUT2D eigenvalue weighted by Gasteiger charge is 1.73. The topological polar surface area (TPSA) is 52.5 Å². The van der Waals surface area contributed by atoms with Crippen LogP contribution in [0.15, 0.2) is 24.4 Å². The van der Waals surface area contributed by atoms with Crippen LogP contribution in [0.3, 0.4) is 0 Å². The smallest absolute Gasteiger partial charge is 0.430 e. The van der Waals surface area contributed by atoms with Gasteiger partial charge in [-0.05, 0) is 12.3 Å². The van der Waals surface area contributed by atoms with E-state index in [0.717, 1.165) is 6.54 Å². The number of hydrogen-bond acceptors (Lipinski definition) is 3. The number of rotatable bonds is 0. The van der Waals surface area contributed by atoms with Gasteiger partial charge in [-0.1, -0.05) is 12.2 Å². The molecule has 0 radical (unpaired) electrons. The van der Waals surface area contributed by atoms with E-state index in [1.54, 1.807) is 0 Å². The van der Waals surface area contributed by atoms with E-state index in [1.165, 1.54) is 0 Å². The van der Waals surface area contributed by atoms with Gasteiger partial charge in [0.2, 0.25) is 0 Å². The minimum absolute atomic E-state index is 0.750. The van der Waals surface area contributed by atoms with Crippen molar-refractivity contribution in [1.29, 1.82) is 0 Å². The first kappa shape index (κ1) is 8.26. The van der Waals surface area contributed by atoms with Crippen molar-refractivity contribution in [3.8, 4) is 0 Å². The third-order valence-corrected chi connectivity index (χ3v) is 0.697. The molecule has 1 heterocycles. The average molecular weight is 127 g/mol. The van der Waals surface area contributed by atoms with E-state index in [0.29, 0.717) is 0 Å². The minimum Gasteiger partial charge on any atom is -0.430 e. The van der Waals surface area contributed by atoms with Crippen LogP contribution in [-0.4, -0.2) is 24.3 Å². The van der Waals surface area contributed by atoms with Gasteiger partial charge in [0.1, 0.15) is 0 Å². The molecule has 1 aliphatic rings. The molecule has 0 unspecified atom stereocenters. The van der Waals surface area contributed by atoms with E-state index in [9.17, 15) is 0 Å². The van der Waals surface area contributed by atoms with Crippen molar-refractivity contribution >= 4 is 7.69 Å². The summed E-state index contributed by atoms with van der Waals surface area (Å²) >= 11 is 0. The molecule has 0 spiro atoms. The first-order valence-corrected chi connectivity index (χ1v) is 2.68. The molecule has 0 aromatic rings. The van der Waals surface area contributed by atoms with Crippen molar-refractivity contribution in [3.63, 3.8) is 0 Å². The predicted octanol–water partition coefficient (Wildman–Crippen LogP) is -1.10. The van der Waals surface area contributed by atoms with Crippen LogP contribution in [0.25, 0.3) is 0 Å². The molecule has 0 bridgehead atoms.